The Morgan fingerprint density at radius 3 is 2.35 bits per heavy atom. The number of sulfonamides is 1. The van der Waals surface area contributed by atoms with Crippen LogP contribution in [0.1, 0.15) is 38.7 Å². The van der Waals surface area contributed by atoms with Gasteiger partial charge in [-0.25, -0.2) is 13.1 Å². The molecular formula is C21H31N3O6S. The largest absolute Gasteiger partial charge is 0.494 e. The molecule has 2 amide bonds. The molecule has 2 aliphatic rings. The molecule has 1 aromatic rings. The normalized spacial score (nSPS) is 24.1. The van der Waals surface area contributed by atoms with Crippen molar-refractivity contribution in [1.82, 2.24) is 15.4 Å². The van der Waals surface area contributed by atoms with Crippen molar-refractivity contribution in [3.05, 3.63) is 29.8 Å². The van der Waals surface area contributed by atoms with Crippen LogP contribution in [0.15, 0.2) is 24.3 Å². The molecule has 3 rings (SSSR count). The summed E-state index contributed by atoms with van der Waals surface area (Å²) in [5.41, 5.74) is 0.736. The summed E-state index contributed by atoms with van der Waals surface area (Å²) in [5.74, 6) is -0.718. The van der Waals surface area contributed by atoms with Gasteiger partial charge in [-0.2, -0.15) is 0 Å². The minimum atomic E-state index is -3.68. The van der Waals surface area contributed by atoms with Crippen LogP contribution in [0.3, 0.4) is 0 Å². The fourth-order valence-corrected chi connectivity index (χ4v) is 4.00. The molecular weight excluding hydrogens is 422 g/mol. The second-order valence-electron chi connectivity index (χ2n) is 8.12. The van der Waals surface area contributed by atoms with Crippen LogP contribution in [0.25, 0.3) is 0 Å². The fraction of sp³-hybridized carbons (Fsp3) is 0.571. The number of carbonyl (C=O) groups is 3. The Morgan fingerprint density at radius 2 is 1.77 bits per heavy atom. The number of rotatable bonds is 4. The van der Waals surface area contributed by atoms with Gasteiger partial charge in [-0.3, -0.25) is 9.59 Å². The summed E-state index contributed by atoms with van der Waals surface area (Å²) < 4.78 is 31.7. The lowest BCUT2D eigenvalue weighted by molar-refractivity contribution is -0.131. The number of amides is 2. The first-order chi connectivity index (χ1) is 14.6. The van der Waals surface area contributed by atoms with Crippen molar-refractivity contribution in [2.45, 2.75) is 57.7 Å². The van der Waals surface area contributed by atoms with Gasteiger partial charge in [0.15, 0.2) is 0 Å². The van der Waals surface area contributed by atoms with E-state index in [9.17, 15) is 22.8 Å². The molecule has 3 N–H and O–H groups in total. The van der Waals surface area contributed by atoms with E-state index in [-0.39, 0.29) is 12.3 Å². The molecule has 0 saturated carbocycles. The van der Waals surface area contributed by atoms with Gasteiger partial charge in [0.25, 0.3) is 0 Å². The van der Waals surface area contributed by atoms with Crippen molar-refractivity contribution in [1.29, 1.82) is 0 Å². The quantitative estimate of drug-likeness (QED) is 0.570. The molecule has 0 spiro atoms. The Morgan fingerprint density at radius 1 is 1.10 bits per heavy atom. The molecule has 1 aromatic carbocycles. The van der Waals surface area contributed by atoms with Crippen LogP contribution < -0.4 is 20.1 Å². The van der Waals surface area contributed by atoms with Crippen molar-refractivity contribution in [3.63, 3.8) is 0 Å². The van der Waals surface area contributed by atoms with E-state index in [0.29, 0.717) is 37.9 Å². The average molecular weight is 454 g/mol. The lowest BCUT2D eigenvalue weighted by Crippen LogP contribution is -2.57. The van der Waals surface area contributed by atoms with Crippen LogP contribution >= 0.6 is 0 Å². The number of fused-ring (bicyclic) bond motifs is 14. The maximum atomic E-state index is 12.9. The third kappa shape index (κ3) is 8.29. The summed E-state index contributed by atoms with van der Waals surface area (Å²) in [5, 5.41) is 5.32. The summed E-state index contributed by atoms with van der Waals surface area (Å²) >= 11 is 0. The second-order valence-corrected chi connectivity index (χ2v) is 9.90. The topological polar surface area (TPSA) is 131 Å². The smallest absolute Gasteiger partial charge is 0.243 e. The highest BCUT2D eigenvalue weighted by Gasteiger charge is 2.30. The van der Waals surface area contributed by atoms with Gasteiger partial charge < -0.3 is 20.2 Å². The summed E-state index contributed by atoms with van der Waals surface area (Å²) in [4.78, 5) is 37.1. The molecule has 3 atom stereocenters. The molecule has 0 aliphatic carbocycles. The van der Waals surface area contributed by atoms with E-state index in [1.807, 2.05) is 0 Å². The highest BCUT2D eigenvalue weighted by Crippen LogP contribution is 2.15. The highest BCUT2D eigenvalue weighted by atomic mass is 32.2. The minimum absolute atomic E-state index is 0.0998. The van der Waals surface area contributed by atoms with Crippen molar-refractivity contribution >= 4 is 28.1 Å². The Bertz CT molecular complexity index is 870. The zero-order valence-corrected chi connectivity index (χ0v) is 18.9. The van der Waals surface area contributed by atoms with Crippen LogP contribution in [0, 0.1) is 5.92 Å². The molecule has 0 saturated heterocycles. The third-order valence-electron chi connectivity index (χ3n) is 4.95. The lowest BCUT2D eigenvalue weighted by Gasteiger charge is -2.26. The molecule has 2 heterocycles. The third-order valence-corrected chi connectivity index (χ3v) is 5.67. The minimum Gasteiger partial charge on any atom is -0.494 e. The lowest BCUT2D eigenvalue weighted by atomic mass is 10.0. The number of aldehydes is 1. The van der Waals surface area contributed by atoms with Gasteiger partial charge in [0.2, 0.25) is 21.8 Å². The van der Waals surface area contributed by atoms with Crippen LogP contribution in [0.2, 0.25) is 0 Å². The Hall–Kier alpha value is -2.46. The molecule has 0 aromatic heterocycles. The van der Waals surface area contributed by atoms with Gasteiger partial charge in [-0.1, -0.05) is 26.0 Å². The molecule has 2 bridgehead atoms. The average Bonchev–Trinajstić information content (AvgIpc) is 2.69. The highest BCUT2D eigenvalue weighted by molar-refractivity contribution is 7.88. The monoisotopic (exact) mass is 453 g/mol. The first-order valence-corrected chi connectivity index (χ1v) is 12.2. The summed E-state index contributed by atoms with van der Waals surface area (Å²) in [6, 6.07) is 4.37. The predicted octanol–water partition coefficient (Wildman–Crippen LogP) is 0.534. The Balaban J connectivity index is 2.33. The van der Waals surface area contributed by atoms with E-state index >= 15 is 0 Å². The van der Waals surface area contributed by atoms with Gasteiger partial charge in [0.1, 0.15) is 24.1 Å². The van der Waals surface area contributed by atoms with E-state index in [1.54, 1.807) is 38.1 Å². The van der Waals surface area contributed by atoms with Gasteiger partial charge in [0, 0.05) is 0 Å². The van der Waals surface area contributed by atoms with Gasteiger partial charge in [0.05, 0.1) is 18.9 Å². The van der Waals surface area contributed by atoms with E-state index in [4.69, 9.17) is 4.74 Å². The number of nitrogens with one attached hydrogen (secondary N) is 3. The maximum absolute atomic E-state index is 12.9. The summed E-state index contributed by atoms with van der Waals surface area (Å²) in [7, 11) is -3.68. The van der Waals surface area contributed by atoms with E-state index in [2.05, 4.69) is 15.4 Å². The molecule has 10 heteroatoms. The molecule has 9 nitrogen and oxygen atoms in total. The van der Waals surface area contributed by atoms with E-state index in [1.165, 1.54) is 0 Å². The van der Waals surface area contributed by atoms with E-state index in [0.717, 1.165) is 11.8 Å². The standard InChI is InChI=1S/C21H31N3O6S/c1-14(2)19-21(27)22-16(13-25)6-4-5-11-30-17-9-7-15(8-10-17)12-18(20(26)23-19)24-31(3,28)29/h7-10,13-14,16,18-19,24H,4-6,11-12H2,1-3H3,(H,22,27)(H,23,26). The second kappa shape index (κ2) is 11.2. The van der Waals surface area contributed by atoms with E-state index < -0.39 is 40.0 Å². The first-order valence-electron chi connectivity index (χ1n) is 10.3. The SMILES string of the molecule is CC(C)C1NC(=O)C(NS(C)(=O)=O)Cc2ccc(cc2)OCCCCC(C=O)NC1=O. The van der Waals surface area contributed by atoms with Crippen LogP contribution in [-0.2, 0) is 30.8 Å². The van der Waals surface area contributed by atoms with Crippen molar-refractivity contribution in [2.75, 3.05) is 12.9 Å². The maximum Gasteiger partial charge on any atom is 0.243 e. The van der Waals surface area contributed by atoms with Crippen molar-refractivity contribution < 1.29 is 27.5 Å². The predicted molar refractivity (Wildman–Crippen MR) is 116 cm³/mol. The molecule has 0 fully saturated rings. The van der Waals surface area contributed by atoms with Crippen molar-refractivity contribution in [2.24, 2.45) is 5.92 Å². The van der Waals surface area contributed by atoms with Gasteiger partial charge >= 0.3 is 0 Å². The number of hydrogen-bond acceptors (Lipinski definition) is 6. The van der Waals surface area contributed by atoms with Gasteiger partial charge in [-0.05, 0) is 49.3 Å². The Labute approximate surface area is 183 Å². The van der Waals surface area contributed by atoms with Crippen LogP contribution in [0.5, 0.6) is 5.75 Å². The number of carbonyl (C=O) groups excluding carboxylic acids is 3. The Kier molecular flexibility index (Phi) is 9.00. The molecule has 172 valence electrons. The number of ether oxygens (including phenoxy) is 1. The number of hydrogen-bond donors (Lipinski definition) is 3. The zero-order chi connectivity index (χ0) is 23.0. The summed E-state index contributed by atoms with van der Waals surface area (Å²) in [6.45, 7) is 3.99. The zero-order valence-electron chi connectivity index (χ0n) is 18.1. The van der Waals surface area contributed by atoms with Crippen LogP contribution in [0.4, 0.5) is 0 Å². The summed E-state index contributed by atoms with van der Waals surface area (Å²) in [6.07, 6.45) is 3.60. The van der Waals surface area contributed by atoms with Crippen LogP contribution in [-0.4, -0.2) is 57.5 Å². The fourth-order valence-electron chi connectivity index (χ4n) is 3.30. The van der Waals surface area contributed by atoms with Crippen molar-refractivity contribution in [3.8, 4) is 5.75 Å². The molecule has 31 heavy (non-hydrogen) atoms. The first kappa shape index (κ1) is 24.8. The molecule has 2 aliphatic heterocycles. The van der Waals surface area contributed by atoms with Gasteiger partial charge in [-0.15, -0.1) is 0 Å². The number of benzene rings is 1. The molecule has 0 radical (unpaired) electrons. The molecule has 3 unspecified atom stereocenters.